The summed E-state index contributed by atoms with van der Waals surface area (Å²) in [6.45, 7) is 3.67. The molecule has 1 rings (SSSR count). The van der Waals surface area contributed by atoms with E-state index >= 15 is 0 Å². The van der Waals surface area contributed by atoms with Gasteiger partial charge < -0.3 is 10.5 Å². The molecule has 0 aliphatic carbocycles. The molecule has 0 amide bonds. The Balaban J connectivity index is 2.51. The van der Waals surface area contributed by atoms with Crippen LogP contribution in [0, 0.1) is 6.92 Å². The molecule has 0 saturated heterocycles. The van der Waals surface area contributed by atoms with Crippen molar-refractivity contribution < 1.29 is 4.74 Å². The van der Waals surface area contributed by atoms with E-state index in [9.17, 15) is 0 Å². The molecule has 0 fully saturated rings. The number of rotatable bonds is 7. The normalized spacial score (nSPS) is 12.7. The van der Waals surface area contributed by atoms with Crippen LogP contribution >= 0.6 is 11.8 Å². The van der Waals surface area contributed by atoms with Crippen LogP contribution in [0.1, 0.15) is 22.8 Å². The van der Waals surface area contributed by atoms with Gasteiger partial charge >= 0.3 is 0 Å². The summed E-state index contributed by atoms with van der Waals surface area (Å²) < 4.78 is 5.04. The van der Waals surface area contributed by atoms with Gasteiger partial charge in [0.2, 0.25) is 0 Å². The molecule has 1 aromatic rings. The predicted molar refractivity (Wildman–Crippen MR) is 71.9 cm³/mol. The quantitative estimate of drug-likeness (QED) is 0.743. The van der Waals surface area contributed by atoms with Crippen molar-refractivity contribution in [3.63, 3.8) is 0 Å². The highest BCUT2D eigenvalue weighted by Crippen LogP contribution is 2.30. The highest BCUT2D eigenvalue weighted by atomic mass is 32.2. The van der Waals surface area contributed by atoms with Gasteiger partial charge in [0, 0.05) is 25.5 Å². The zero-order chi connectivity index (χ0) is 11.8. The second-order valence-electron chi connectivity index (χ2n) is 3.80. The van der Waals surface area contributed by atoms with Crippen LogP contribution in [0.5, 0.6) is 0 Å². The molecule has 1 unspecified atom stereocenters. The van der Waals surface area contributed by atoms with E-state index in [0.717, 1.165) is 18.8 Å². The second-order valence-corrected chi connectivity index (χ2v) is 5.11. The molecule has 1 atom stereocenters. The fraction of sp³-hybridized carbons (Fsp3) is 0.538. The minimum Gasteiger partial charge on any atom is -0.385 e. The average molecular weight is 239 g/mol. The third-order valence-corrected chi connectivity index (χ3v) is 3.93. The van der Waals surface area contributed by atoms with E-state index < -0.39 is 0 Å². The van der Waals surface area contributed by atoms with Gasteiger partial charge in [0.05, 0.1) is 0 Å². The highest BCUT2D eigenvalue weighted by molar-refractivity contribution is 7.99. The minimum absolute atomic E-state index is 0.415. The molecule has 0 saturated carbocycles. The molecule has 16 heavy (non-hydrogen) atoms. The summed E-state index contributed by atoms with van der Waals surface area (Å²) in [5.74, 6) is 1.10. The van der Waals surface area contributed by atoms with Crippen LogP contribution in [0.15, 0.2) is 24.3 Å². The smallest absolute Gasteiger partial charge is 0.0470 e. The van der Waals surface area contributed by atoms with Gasteiger partial charge in [-0.2, -0.15) is 11.8 Å². The van der Waals surface area contributed by atoms with Crippen LogP contribution in [0.4, 0.5) is 0 Å². The van der Waals surface area contributed by atoms with E-state index in [1.54, 1.807) is 7.11 Å². The molecule has 2 N–H and O–H groups in total. The fourth-order valence-electron chi connectivity index (χ4n) is 1.66. The number of hydrogen-bond acceptors (Lipinski definition) is 3. The topological polar surface area (TPSA) is 35.2 Å². The van der Waals surface area contributed by atoms with E-state index in [2.05, 4.69) is 31.2 Å². The Labute approximate surface area is 103 Å². The fourth-order valence-corrected chi connectivity index (χ4v) is 2.81. The Bertz CT molecular complexity index is 304. The Morgan fingerprint density at radius 3 is 2.75 bits per heavy atom. The molecule has 0 heterocycles. The summed E-state index contributed by atoms with van der Waals surface area (Å²) in [4.78, 5) is 0. The summed E-state index contributed by atoms with van der Waals surface area (Å²) >= 11 is 1.92. The van der Waals surface area contributed by atoms with Crippen molar-refractivity contribution in [1.29, 1.82) is 0 Å². The Morgan fingerprint density at radius 2 is 2.12 bits per heavy atom. The van der Waals surface area contributed by atoms with Crippen molar-refractivity contribution in [3.05, 3.63) is 35.4 Å². The number of benzene rings is 1. The monoisotopic (exact) mass is 239 g/mol. The van der Waals surface area contributed by atoms with Gasteiger partial charge in [0.1, 0.15) is 0 Å². The first kappa shape index (κ1) is 13.6. The maximum absolute atomic E-state index is 5.84. The van der Waals surface area contributed by atoms with Gasteiger partial charge in [-0.25, -0.2) is 0 Å². The number of hydrogen-bond donors (Lipinski definition) is 1. The zero-order valence-electron chi connectivity index (χ0n) is 10.1. The molecule has 90 valence electrons. The molecular formula is C13H21NOS. The third kappa shape index (κ3) is 4.16. The molecule has 2 nitrogen and oxygen atoms in total. The van der Waals surface area contributed by atoms with Gasteiger partial charge in [0.25, 0.3) is 0 Å². The van der Waals surface area contributed by atoms with Crippen molar-refractivity contribution in [2.75, 3.05) is 26.0 Å². The lowest BCUT2D eigenvalue weighted by atomic mass is 10.1. The average Bonchev–Trinajstić information content (AvgIpc) is 2.31. The van der Waals surface area contributed by atoms with Crippen molar-refractivity contribution in [2.24, 2.45) is 5.73 Å². The van der Waals surface area contributed by atoms with Gasteiger partial charge in [-0.3, -0.25) is 0 Å². The number of aryl methyl sites for hydroxylation is 1. The van der Waals surface area contributed by atoms with E-state index in [1.165, 1.54) is 11.1 Å². The van der Waals surface area contributed by atoms with E-state index in [1.807, 2.05) is 11.8 Å². The lowest BCUT2D eigenvalue weighted by Crippen LogP contribution is -2.11. The lowest BCUT2D eigenvalue weighted by Gasteiger charge is -2.17. The van der Waals surface area contributed by atoms with Gasteiger partial charge in [-0.1, -0.05) is 24.3 Å². The Kier molecular flexibility index (Phi) is 6.53. The molecule has 0 radical (unpaired) electrons. The molecule has 3 heteroatoms. The second kappa shape index (κ2) is 7.71. The van der Waals surface area contributed by atoms with E-state index in [4.69, 9.17) is 10.5 Å². The first-order valence-corrected chi connectivity index (χ1v) is 6.70. The van der Waals surface area contributed by atoms with Crippen molar-refractivity contribution in [2.45, 2.75) is 18.6 Å². The maximum Gasteiger partial charge on any atom is 0.0470 e. The lowest BCUT2D eigenvalue weighted by molar-refractivity contribution is 0.200. The largest absolute Gasteiger partial charge is 0.385 e. The van der Waals surface area contributed by atoms with Crippen LogP contribution in [0.2, 0.25) is 0 Å². The van der Waals surface area contributed by atoms with Crippen molar-refractivity contribution in [3.8, 4) is 0 Å². The summed E-state index contributed by atoms with van der Waals surface area (Å²) in [6.07, 6.45) is 1.09. The van der Waals surface area contributed by atoms with Crippen molar-refractivity contribution in [1.82, 2.24) is 0 Å². The van der Waals surface area contributed by atoms with E-state index in [0.29, 0.717) is 11.8 Å². The summed E-state index contributed by atoms with van der Waals surface area (Å²) in [5, 5.41) is 0.415. The number of nitrogens with two attached hydrogens (primary N) is 1. The maximum atomic E-state index is 5.84. The predicted octanol–water partition coefficient (Wildman–Crippen LogP) is 2.76. The summed E-state index contributed by atoms with van der Waals surface area (Å²) in [5.41, 5.74) is 8.54. The van der Waals surface area contributed by atoms with Gasteiger partial charge in [-0.05, 0) is 30.2 Å². The molecule has 0 aliphatic rings. The molecule has 0 aliphatic heterocycles. The van der Waals surface area contributed by atoms with Crippen molar-refractivity contribution >= 4 is 11.8 Å². The third-order valence-electron chi connectivity index (χ3n) is 2.56. The standard InChI is InChI=1S/C13H21NOS/c1-11-6-3-4-7-12(11)13(10-14)16-9-5-8-15-2/h3-4,6-7,13H,5,8-10,14H2,1-2H3. The van der Waals surface area contributed by atoms with Crippen LogP contribution in [-0.2, 0) is 4.74 Å². The minimum atomic E-state index is 0.415. The first-order valence-electron chi connectivity index (χ1n) is 5.65. The highest BCUT2D eigenvalue weighted by Gasteiger charge is 2.11. The Hall–Kier alpha value is -0.510. The molecule has 0 aromatic heterocycles. The molecular weight excluding hydrogens is 218 g/mol. The van der Waals surface area contributed by atoms with Crippen LogP contribution in [-0.4, -0.2) is 26.0 Å². The number of methoxy groups -OCH3 is 1. The summed E-state index contributed by atoms with van der Waals surface area (Å²) in [7, 11) is 1.74. The van der Waals surface area contributed by atoms with Gasteiger partial charge in [0.15, 0.2) is 0 Å². The SMILES string of the molecule is COCCCSC(CN)c1ccccc1C. The molecule has 0 bridgehead atoms. The number of thioether (sulfide) groups is 1. The van der Waals surface area contributed by atoms with Crippen LogP contribution in [0.3, 0.4) is 0 Å². The van der Waals surface area contributed by atoms with Crippen LogP contribution in [0.25, 0.3) is 0 Å². The Morgan fingerprint density at radius 1 is 1.38 bits per heavy atom. The molecule has 1 aromatic carbocycles. The number of ether oxygens (including phenoxy) is 1. The van der Waals surface area contributed by atoms with Crippen LogP contribution < -0.4 is 5.73 Å². The summed E-state index contributed by atoms with van der Waals surface area (Å²) in [6, 6.07) is 8.48. The van der Waals surface area contributed by atoms with E-state index in [-0.39, 0.29) is 0 Å². The zero-order valence-corrected chi connectivity index (χ0v) is 10.9. The molecule has 0 spiro atoms. The van der Waals surface area contributed by atoms with Gasteiger partial charge in [-0.15, -0.1) is 0 Å². The first-order chi connectivity index (χ1) is 7.79.